The fourth-order valence-corrected chi connectivity index (χ4v) is 5.01. The fraction of sp³-hybridized carbons (Fsp3) is 0.238. The molecule has 0 saturated carbocycles. The highest BCUT2D eigenvalue weighted by atomic mass is 32.1. The second-order valence-electron chi connectivity index (χ2n) is 7.15. The lowest BCUT2D eigenvalue weighted by molar-refractivity contribution is 0.102. The molecule has 0 atom stereocenters. The summed E-state index contributed by atoms with van der Waals surface area (Å²) in [6.07, 6.45) is 1.45. The number of aromatic nitrogens is 1. The van der Waals surface area contributed by atoms with Gasteiger partial charge in [0.2, 0.25) is 0 Å². The lowest BCUT2D eigenvalue weighted by Gasteiger charge is -2.40. The molecule has 8 heteroatoms. The molecular formula is C21H23N5OS2. The molecule has 6 nitrogen and oxygen atoms in total. The number of nitrogens with zero attached hydrogens (tertiary/aromatic N) is 2. The van der Waals surface area contributed by atoms with Gasteiger partial charge in [0, 0.05) is 24.2 Å². The van der Waals surface area contributed by atoms with E-state index < -0.39 is 5.54 Å². The third-order valence-corrected chi connectivity index (χ3v) is 7.14. The Balaban J connectivity index is 1.49. The summed E-state index contributed by atoms with van der Waals surface area (Å²) < 4.78 is 0. The van der Waals surface area contributed by atoms with E-state index in [4.69, 9.17) is 11.5 Å². The molecule has 0 bridgehead atoms. The van der Waals surface area contributed by atoms with Gasteiger partial charge in [0.1, 0.15) is 10.7 Å². The number of nitrogens with one attached hydrogen (secondary N) is 1. The number of hydrogen-bond donors (Lipinski definition) is 3. The van der Waals surface area contributed by atoms with Crippen molar-refractivity contribution in [1.82, 2.24) is 4.98 Å². The number of rotatable bonds is 5. The number of para-hydroxylation sites is 2. The molecule has 0 radical (unpaired) electrons. The molecular weight excluding hydrogens is 402 g/mol. The van der Waals surface area contributed by atoms with Crippen LogP contribution >= 0.6 is 22.7 Å². The van der Waals surface area contributed by atoms with Gasteiger partial charge in [0.15, 0.2) is 0 Å². The summed E-state index contributed by atoms with van der Waals surface area (Å²) in [5, 5.41) is 7.67. The van der Waals surface area contributed by atoms with Crippen LogP contribution in [0.25, 0.3) is 9.88 Å². The van der Waals surface area contributed by atoms with E-state index in [0.717, 1.165) is 47.2 Å². The van der Waals surface area contributed by atoms with Gasteiger partial charge in [-0.25, -0.2) is 4.98 Å². The molecule has 1 aromatic carbocycles. The van der Waals surface area contributed by atoms with Crippen LogP contribution in [0.5, 0.6) is 0 Å². The Morgan fingerprint density at radius 2 is 1.93 bits per heavy atom. The highest BCUT2D eigenvalue weighted by Gasteiger charge is 2.32. The lowest BCUT2D eigenvalue weighted by atomic mass is 9.86. The Bertz CT molecular complexity index is 1020. The predicted molar refractivity (Wildman–Crippen MR) is 122 cm³/mol. The maximum Gasteiger partial charge on any atom is 0.275 e. The minimum Gasteiger partial charge on any atom is -0.401 e. The molecule has 5 N–H and O–H groups in total. The first-order valence-electron chi connectivity index (χ1n) is 9.35. The van der Waals surface area contributed by atoms with Crippen molar-refractivity contribution in [3.8, 4) is 9.88 Å². The van der Waals surface area contributed by atoms with Crippen molar-refractivity contribution < 1.29 is 4.79 Å². The van der Waals surface area contributed by atoms with Crippen LogP contribution < -0.4 is 21.7 Å². The number of nitrogens with two attached hydrogens (primary N) is 2. The molecule has 3 aromatic rings. The normalized spacial score (nSPS) is 15.8. The number of hydrogen-bond acceptors (Lipinski definition) is 7. The van der Waals surface area contributed by atoms with Crippen molar-refractivity contribution in [2.24, 2.45) is 11.5 Å². The van der Waals surface area contributed by atoms with Gasteiger partial charge >= 0.3 is 0 Å². The van der Waals surface area contributed by atoms with E-state index in [2.05, 4.69) is 21.8 Å². The van der Waals surface area contributed by atoms with Crippen molar-refractivity contribution in [3.63, 3.8) is 0 Å². The summed E-state index contributed by atoms with van der Waals surface area (Å²) >= 11 is 3.09. The zero-order valence-corrected chi connectivity index (χ0v) is 17.6. The summed E-state index contributed by atoms with van der Waals surface area (Å²) in [4.78, 5) is 20.6. The van der Waals surface area contributed by atoms with Gasteiger partial charge in [-0.15, -0.1) is 22.7 Å². The topological polar surface area (TPSA) is 97.3 Å². The van der Waals surface area contributed by atoms with Gasteiger partial charge in [0.05, 0.1) is 21.8 Å². The van der Waals surface area contributed by atoms with Gasteiger partial charge in [-0.05, 0) is 36.4 Å². The minimum absolute atomic E-state index is 0.211. The Labute approximate surface area is 177 Å². The summed E-state index contributed by atoms with van der Waals surface area (Å²) in [7, 11) is 0. The van der Waals surface area contributed by atoms with Gasteiger partial charge in [-0.1, -0.05) is 24.8 Å². The van der Waals surface area contributed by atoms with Gasteiger partial charge in [-0.3, -0.25) is 4.79 Å². The Morgan fingerprint density at radius 3 is 2.62 bits per heavy atom. The summed E-state index contributed by atoms with van der Waals surface area (Å²) in [6, 6.07) is 11.8. The number of thiophene rings is 1. The van der Waals surface area contributed by atoms with E-state index in [1.54, 1.807) is 16.7 Å². The van der Waals surface area contributed by atoms with E-state index in [1.165, 1.54) is 11.3 Å². The zero-order valence-electron chi connectivity index (χ0n) is 15.9. The molecule has 150 valence electrons. The maximum atomic E-state index is 12.8. The summed E-state index contributed by atoms with van der Waals surface area (Å²) in [6.45, 7) is 5.33. The van der Waals surface area contributed by atoms with Crippen molar-refractivity contribution in [3.05, 3.63) is 65.1 Å². The summed E-state index contributed by atoms with van der Waals surface area (Å²) in [5.41, 5.74) is 14.4. The molecule has 4 rings (SSSR count). The Morgan fingerprint density at radius 1 is 1.17 bits per heavy atom. The van der Waals surface area contributed by atoms with Crippen LogP contribution in [0, 0.1) is 0 Å². The highest BCUT2D eigenvalue weighted by molar-refractivity contribution is 7.20. The average molecular weight is 426 g/mol. The third kappa shape index (κ3) is 4.05. The molecule has 0 unspecified atom stereocenters. The largest absolute Gasteiger partial charge is 0.401 e. The van der Waals surface area contributed by atoms with E-state index >= 15 is 0 Å². The molecule has 1 fully saturated rings. The number of carbonyl (C=O) groups is 1. The Kier molecular flexibility index (Phi) is 5.40. The molecule has 1 aliphatic heterocycles. The van der Waals surface area contributed by atoms with Crippen LogP contribution in [0.2, 0.25) is 0 Å². The number of anilines is 2. The van der Waals surface area contributed by atoms with E-state index in [9.17, 15) is 4.79 Å². The van der Waals surface area contributed by atoms with Crippen LogP contribution in [-0.2, 0) is 0 Å². The second-order valence-corrected chi connectivity index (χ2v) is 8.96. The third-order valence-electron chi connectivity index (χ3n) is 5.26. The van der Waals surface area contributed by atoms with E-state index in [1.807, 2.05) is 41.8 Å². The van der Waals surface area contributed by atoms with E-state index in [-0.39, 0.29) is 5.91 Å². The van der Waals surface area contributed by atoms with Crippen LogP contribution in [0.4, 0.5) is 11.4 Å². The first kappa shape index (κ1) is 19.6. The highest BCUT2D eigenvalue weighted by Crippen LogP contribution is 2.33. The monoisotopic (exact) mass is 425 g/mol. The van der Waals surface area contributed by atoms with Crippen molar-refractivity contribution in [2.75, 3.05) is 23.3 Å². The number of carbonyl (C=O) groups excluding carboxylic acids is 1. The molecule has 0 spiro atoms. The molecule has 1 amide bonds. The molecule has 2 aromatic heterocycles. The number of amides is 1. The average Bonchev–Trinajstić information content (AvgIpc) is 3.41. The van der Waals surface area contributed by atoms with Crippen LogP contribution in [0.3, 0.4) is 0 Å². The fourth-order valence-electron chi connectivity index (χ4n) is 3.40. The van der Waals surface area contributed by atoms with Gasteiger partial charge in [-0.2, -0.15) is 0 Å². The van der Waals surface area contributed by atoms with Crippen LogP contribution in [-0.4, -0.2) is 29.5 Å². The van der Waals surface area contributed by atoms with Gasteiger partial charge < -0.3 is 21.7 Å². The first-order chi connectivity index (χ1) is 14.0. The maximum absolute atomic E-state index is 12.8. The van der Waals surface area contributed by atoms with Gasteiger partial charge in [0.25, 0.3) is 5.91 Å². The number of thiazole rings is 1. The smallest absolute Gasteiger partial charge is 0.275 e. The quantitative estimate of drug-likeness (QED) is 0.576. The number of piperidine rings is 1. The first-order valence-corrected chi connectivity index (χ1v) is 11.1. The predicted octanol–water partition coefficient (Wildman–Crippen LogP) is 3.89. The Hall–Kier alpha value is -2.68. The standard InChI is InChI=1S/C21H23N5OS2/c1-14(22)21(23)8-10-26(11-9-21)17-6-3-2-5-15(17)24-19(27)16-13-29-20(25-16)18-7-4-12-28-18/h2-7,12-13H,1,8-11,22-23H2,(H,24,27). The molecule has 29 heavy (non-hydrogen) atoms. The zero-order chi connectivity index (χ0) is 20.4. The number of benzene rings is 1. The summed E-state index contributed by atoms with van der Waals surface area (Å²) in [5.74, 6) is -0.211. The minimum atomic E-state index is -0.520. The van der Waals surface area contributed by atoms with E-state index in [0.29, 0.717) is 11.4 Å². The van der Waals surface area contributed by atoms with Crippen molar-refractivity contribution in [2.45, 2.75) is 18.4 Å². The van der Waals surface area contributed by atoms with Crippen LogP contribution in [0.15, 0.2) is 59.4 Å². The molecule has 3 heterocycles. The van der Waals surface area contributed by atoms with Crippen LogP contribution in [0.1, 0.15) is 23.3 Å². The van der Waals surface area contributed by atoms with Crippen molar-refractivity contribution >= 4 is 40.0 Å². The SMILES string of the molecule is C=C(N)C1(N)CCN(c2ccccc2NC(=O)c2csc(-c3cccs3)n2)CC1. The molecule has 0 aliphatic carbocycles. The van der Waals surface area contributed by atoms with Crippen molar-refractivity contribution in [1.29, 1.82) is 0 Å². The lowest BCUT2D eigenvalue weighted by Crippen LogP contribution is -2.53. The second kappa shape index (κ2) is 7.98. The molecule has 1 aliphatic rings. The molecule has 1 saturated heterocycles.